The van der Waals surface area contributed by atoms with Gasteiger partial charge >= 0.3 is 0 Å². The van der Waals surface area contributed by atoms with Gasteiger partial charge in [0.15, 0.2) is 0 Å². The van der Waals surface area contributed by atoms with Crippen LogP contribution < -0.4 is 10.1 Å². The van der Waals surface area contributed by atoms with Gasteiger partial charge in [0.2, 0.25) is 0 Å². The molecule has 108 valence electrons. The van der Waals surface area contributed by atoms with Gasteiger partial charge in [-0.2, -0.15) is 12.7 Å². The highest BCUT2D eigenvalue weighted by Gasteiger charge is 2.28. The molecule has 2 N–H and O–H groups in total. The zero-order valence-corrected chi connectivity index (χ0v) is 12.6. The van der Waals surface area contributed by atoms with Gasteiger partial charge in [-0.25, -0.2) is 5.01 Å². The Morgan fingerprint density at radius 2 is 1.83 bits per heavy atom. The van der Waals surface area contributed by atoms with E-state index >= 15 is 0 Å². The summed E-state index contributed by atoms with van der Waals surface area (Å²) in [7, 11) is 0.00643. The van der Waals surface area contributed by atoms with E-state index in [1.165, 1.54) is 9.31 Å². The zero-order valence-electron chi connectivity index (χ0n) is 11.8. The normalized spacial score (nSPS) is 19.9. The highest BCUT2D eigenvalue weighted by molar-refractivity contribution is 7.87. The minimum atomic E-state index is -3.35. The summed E-state index contributed by atoms with van der Waals surface area (Å²) in [6.45, 7) is 6.44. The van der Waals surface area contributed by atoms with E-state index in [1.807, 2.05) is 0 Å². The van der Waals surface area contributed by atoms with Gasteiger partial charge in [0, 0.05) is 33.2 Å². The van der Waals surface area contributed by atoms with Crippen molar-refractivity contribution in [3.05, 3.63) is 0 Å². The lowest BCUT2D eigenvalue weighted by atomic mass is 9.98. The van der Waals surface area contributed by atoms with Crippen molar-refractivity contribution >= 4 is 10.2 Å². The lowest BCUT2D eigenvalue weighted by Gasteiger charge is -2.32. The third-order valence-corrected chi connectivity index (χ3v) is 4.67. The molecular formula is C11H26N4O2S. The number of hydrogen-bond donors (Lipinski definition) is 2. The SMILES string of the molecule is CC(C)NCC1CCN(S(=O)(=O)NN(C)C)CC1. The Labute approximate surface area is 111 Å². The summed E-state index contributed by atoms with van der Waals surface area (Å²) in [5.41, 5.74) is 0. The smallest absolute Gasteiger partial charge is 0.292 e. The largest absolute Gasteiger partial charge is 0.314 e. The number of rotatable bonds is 6. The molecule has 0 bridgehead atoms. The molecule has 0 aromatic heterocycles. The monoisotopic (exact) mass is 278 g/mol. The van der Waals surface area contributed by atoms with Crippen LogP contribution in [0.15, 0.2) is 0 Å². The first kappa shape index (κ1) is 15.8. The van der Waals surface area contributed by atoms with Crippen LogP contribution in [0.4, 0.5) is 0 Å². The van der Waals surface area contributed by atoms with Crippen LogP contribution in [0.1, 0.15) is 26.7 Å². The maximum absolute atomic E-state index is 11.9. The van der Waals surface area contributed by atoms with Gasteiger partial charge in [-0.15, -0.1) is 4.83 Å². The Balaban J connectivity index is 2.39. The molecule has 0 saturated carbocycles. The molecule has 18 heavy (non-hydrogen) atoms. The average molecular weight is 278 g/mol. The quantitative estimate of drug-likeness (QED) is 0.672. The average Bonchev–Trinajstić information content (AvgIpc) is 2.25. The van der Waals surface area contributed by atoms with Crippen LogP contribution in [0, 0.1) is 5.92 Å². The molecule has 0 amide bonds. The summed E-state index contributed by atoms with van der Waals surface area (Å²) in [5, 5.41) is 4.87. The number of hydrazine groups is 1. The molecular weight excluding hydrogens is 252 g/mol. The van der Waals surface area contributed by atoms with E-state index in [-0.39, 0.29) is 0 Å². The van der Waals surface area contributed by atoms with Crippen molar-refractivity contribution in [2.24, 2.45) is 5.92 Å². The maximum atomic E-state index is 11.9. The van der Waals surface area contributed by atoms with Gasteiger partial charge in [0.25, 0.3) is 10.2 Å². The second kappa shape index (κ2) is 6.81. The van der Waals surface area contributed by atoms with Crippen LogP contribution in [0.5, 0.6) is 0 Å². The first-order valence-electron chi connectivity index (χ1n) is 6.49. The summed E-state index contributed by atoms with van der Waals surface area (Å²) in [4.78, 5) is 2.47. The van der Waals surface area contributed by atoms with Gasteiger partial charge in [0.1, 0.15) is 0 Å². The molecule has 1 rings (SSSR count). The van der Waals surface area contributed by atoms with Crippen LogP contribution in [0.3, 0.4) is 0 Å². The summed E-state index contributed by atoms with van der Waals surface area (Å²) in [6.07, 6.45) is 1.85. The standard InChI is InChI=1S/C11H26N4O2S/c1-10(2)12-9-11-5-7-15(8-6-11)18(16,17)13-14(3)4/h10-13H,5-9H2,1-4H3. The van der Waals surface area contributed by atoms with Crippen LogP contribution in [-0.2, 0) is 10.2 Å². The molecule has 0 aromatic rings. The van der Waals surface area contributed by atoms with Crippen LogP contribution >= 0.6 is 0 Å². The molecule has 0 unspecified atom stereocenters. The van der Waals surface area contributed by atoms with Crippen molar-refractivity contribution in [2.45, 2.75) is 32.7 Å². The van der Waals surface area contributed by atoms with Crippen LogP contribution in [0.25, 0.3) is 0 Å². The first-order chi connectivity index (χ1) is 8.31. The minimum absolute atomic E-state index is 0.488. The lowest BCUT2D eigenvalue weighted by molar-refractivity contribution is 0.250. The highest BCUT2D eigenvalue weighted by Crippen LogP contribution is 2.18. The summed E-state index contributed by atoms with van der Waals surface area (Å²) in [6, 6.07) is 0.488. The number of piperidine rings is 1. The van der Waals surface area contributed by atoms with E-state index < -0.39 is 10.2 Å². The third kappa shape index (κ3) is 5.19. The predicted molar refractivity (Wildman–Crippen MR) is 73.2 cm³/mol. The molecule has 0 spiro atoms. The summed E-state index contributed by atoms with van der Waals surface area (Å²) >= 11 is 0. The van der Waals surface area contributed by atoms with Crippen molar-refractivity contribution in [1.82, 2.24) is 19.5 Å². The Kier molecular flexibility index (Phi) is 6.00. The fourth-order valence-corrected chi connectivity index (χ4v) is 3.31. The van der Waals surface area contributed by atoms with Crippen molar-refractivity contribution < 1.29 is 8.42 Å². The number of nitrogens with one attached hydrogen (secondary N) is 2. The summed E-state index contributed by atoms with van der Waals surface area (Å²) in [5.74, 6) is 0.582. The number of hydrogen-bond acceptors (Lipinski definition) is 4. The molecule has 0 radical (unpaired) electrons. The molecule has 1 saturated heterocycles. The topological polar surface area (TPSA) is 64.7 Å². The molecule has 0 aliphatic carbocycles. The fourth-order valence-electron chi connectivity index (χ4n) is 2.04. The Hall–Kier alpha value is -0.210. The van der Waals surface area contributed by atoms with E-state index in [2.05, 4.69) is 24.0 Å². The molecule has 0 aromatic carbocycles. The minimum Gasteiger partial charge on any atom is -0.314 e. The predicted octanol–water partition coefficient (Wildman–Crippen LogP) is 0.00740. The van der Waals surface area contributed by atoms with Crippen molar-refractivity contribution in [2.75, 3.05) is 33.7 Å². The molecule has 6 nitrogen and oxygen atoms in total. The van der Waals surface area contributed by atoms with Gasteiger partial charge in [0.05, 0.1) is 0 Å². The molecule has 1 aliphatic rings. The highest BCUT2D eigenvalue weighted by atomic mass is 32.2. The lowest BCUT2D eigenvalue weighted by Crippen LogP contribution is -2.49. The van der Waals surface area contributed by atoms with E-state index in [1.54, 1.807) is 14.1 Å². The van der Waals surface area contributed by atoms with Crippen LogP contribution in [-0.4, -0.2) is 57.5 Å². The molecule has 1 aliphatic heterocycles. The van der Waals surface area contributed by atoms with E-state index in [0.717, 1.165) is 19.4 Å². The second-order valence-corrected chi connectivity index (χ2v) is 7.05. The van der Waals surface area contributed by atoms with Crippen molar-refractivity contribution in [3.8, 4) is 0 Å². The first-order valence-corrected chi connectivity index (χ1v) is 7.93. The Morgan fingerprint density at radius 1 is 1.28 bits per heavy atom. The fraction of sp³-hybridized carbons (Fsp3) is 1.00. The second-order valence-electron chi connectivity index (χ2n) is 5.40. The zero-order chi connectivity index (χ0) is 13.8. The van der Waals surface area contributed by atoms with Crippen molar-refractivity contribution in [1.29, 1.82) is 0 Å². The Morgan fingerprint density at radius 3 is 2.28 bits per heavy atom. The van der Waals surface area contributed by atoms with Crippen LogP contribution in [0.2, 0.25) is 0 Å². The third-order valence-electron chi connectivity index (χ3n) is 3.03. The molecule has 0 atom stereocenters. The van der Waals surface area contributed by atoms with Gasteiger partial charge in [-0.3, -0.25) is 0 Å². The molecule has 7 heteroatoms. The Bertz CT molecular complexity index is 335. The van der Waals surface area contributed by atoms with E-state index in [9.17, 15) is 8.42 Å². The van der Waals surface area contributed by atoms with Gasteiger partial charge < -0.3 is 5.32 Å². The summed E-state index contributed by atoms with van der Waals surface area (Å²) < 4.78 is 25.4. The van der Waals surface area contributed by atoms with Gasteiger partial charge in [-0.05, 0) is 25.3 Å². The van der Waals surface area contributed by atoms with Crippen molar-refractivity contribution in [3.63, 3.8) is 0 Å². The number of nitrogens with zero attached hydrogens (tertiary/aromatic N) is 2. The van der Waals surface area contributed by atoms with E-state index in [0.29, 0.717) is 25.0 Å². The van der Waals surface area contributed by atoms with Gasteiger partial charge in [-0.1, -0.05) is 13.8 Å². The molecule has 1 fully saturated rings. The maximum Gasteiger partial charge on any atom is 0.292 e. The molecule has 1 heterocycles. The van der Waals surface area contributed by atoms with E-state index in [4.69, 9.17) is 0 Å².